The van der Waals surface area contributed by atoms with E-state index < -0.39 is 17.8 Å². The number of anilines is 1. The third-order valence-electron chi connectivity index (χ3n) is 4.77. The van der Waals surface area contributed by atoms with E-state index in [1.807, 2.05) is 6.07 Å². The molecule has 0 radical (unpaired) electrons. The highest BCUT2D eigenvalue weighted by molar-refractivity contribution is 9.10. The van der Waals surface area contributed by atoms with Gasteiger partial charge in [-0.25, -0.2) is 9.80 Å². The number of benzene rings is 3. The van der Waals surface area contributed by atoms with E-state index in [1.54, 1.807) is 54.6 Å². The van der Waals surface area contributed by atoms with Crippen LogP contribution < -0.4 is 15.2 Å². The number of hydrazine groups is 1. The minimum absolute atomic E-state index is 0.0115. The predicted molar refractivity (Wildman–Crippen MR) is 122 cm³/mol. The number of halogens is 1. The van der Waals surface area contributed by atoms with Gasteiger partial charge in [0.15, 0.2) is 0 Å². The molecule has 0 bridgehead atoms. The van der Waals surface area contributed by atoms with Crippen molar-refractivity contribution in [2.75, 3.05) is 5.01 Å². The molecule has 8 heteroatoms. The van der Waals surface area contributed by atoms with Crippen molar-refractivity contribution >= 4 is 45.5 Å². The number of rotatable bonds is 6. The second-order valence-electron chi connectivity index (χ2n) is 6.95. The van der Waals surface area contributed by atoms with Gasteiger partial charge in [-0.15, -0.1) is 0 Å². The summed E-state index contributed by atoms with van der Waals surface area (Å²) in [7, 11) is 0. The second kappa shape index (κ2) is 9.07. The van der Waals surface area contributed by atoms with E-state index in [2.05, 4.69) is 21.4 Å². The lowest BCUT2D eigenvalue weighted by Gasteiger charge is -2.14. The fourth-order valence-electron chi connectivity index (χ4n) is 3.14. The topological polar surface area (TPSA) is 95.9 Å². The maximum Gasteiger partial charge on any atom is 0.335 e. The number of carboxylic acids is 1. The lowest BCUT2D eigenvalue weighted by Crippen LogP contribution is -2.35. The van der Waals surface area contributed by atoms with Gasteiger partial charge < -0.3 is 9.84 Å². The lowest BCUT2D eigenvalue weighted by molar-refractivity contribution is -0.117. The first-order valence-electron chi connectivity index (χ1n) is 9.59. The van der Waals surface area contributed by atoms with E-state index in [9.17, 15) is 14.4 Å². The Bertz CT molecular complexity index is 1220. The molecular formula is C24H17BrN2O5. The fourth-order valence-corrected chi connectivity index (χ4v) is 3.52. The standard InChI is InChI=1S/C24H17BrN2O5/c25-18-10-11-21(32-14-15-6-8-16(9-7-15)24(30)31)17(12-18)13-20-22(28)26-27(23(20)29)19-4-2-1-3-5-19/h1-13H,14H2,(H,26,28)(H,30,31). The average molecular weight is 493 g/mol. The zero-order valence-electron chi connectivity index (χ0n) is 16.6. The Morgan fingerprint density at radius 1 is 1.03 bits per heavy atom. The van der Waals surface area contributed by atoms with Crippen molar-refractivity contribution in [3.63, 3.8) is 0 Å². The van der Waals surface area contributed by atoms with Gasteiger partial charge in [-0.2, -0.15) is 0 Å². The number of aromatic carboxylic acids is 1. The molecule has 1 aliphatic rings. The third kappa shape index (κ3) is 4.55. The Hall–Kier alpha value is -3.91. The molecule has 2 amide bonds. The van der Waals surface area contributed by atoms with Crippen LogP contribution in [-0.2, 0) is 16.2 Å². The fraction of sp³-hybridized carbons (Fsp3) is 0.0417. The van der Waals surface area contributed by atoms with Gasteiger partial charge in [-0.1, -0.05) is 46.3 Å². The zero-order valence-corrected chi connectivity index (χ0v) is 18.2. The van der Waals surface area contributed by atoms with Crippen molar-refractivity contribution in [2.45, 2.75) is 6.61 Å². The molecule has 0 aromatic heterocycles. The van der Waals surface area contributed by atoms with E-state index >= 15 is 0 Å². The summed E-state index contributed by atoms with van der Waals surface area (Å²) in [4.78, 5) is 36.3. The highest BCUT2D eigenvalue weighted by atomic mass is 79.9. The van der Waals surface area contributed by atoms with Crippen LogP contribution >= 0.6 is 15.9 Å². The van der Waals surface area contributed by atoms with Crippen molar-refractivity contribution in [3.8, 4) is 5.75 Å². The average Bonchev–Trinajstić information content (AvgIpc) is 3.08. The first kappa shape index (κ1) is 21.3. The summed E-state index contributed by atoms with van der Waals surface area (Å²) in [6, 6.07) is 20.5. The minimum atomic E-state index is -0.997. The molecular weight excluding hydrogens is 476 g/mol. The summed E-state index contributed by atoms with van der Waals surface area (Å²) in [6.07, 6.45) is 1.49. The summed E-state index contributed by atoms with van der Waals surface area (Å²) in [5.41, 5.74) is 4.64. The number of hydrogen-bond acceptors (Lipinski definition) is 4. The van der Waals surface area contributed by atoms with Crippen LogP contribution in [0, 0.1) is 0 Å². The summed E-state index contributed by atoms with van der Waals surface area (Å²) < 4.78 is 6.66. The second-order valence-corrected chi connectivity index (χ2v) is 7.86. The quantitative estimate of drug-likeness (QED) is 0.397. The van der Waals surface area contributed by atoms with E-state index in [-0.39, 0.29) is 17.7 Å². The molecule has 7 nitrogen and oxygen atoms in total. The maximum atomic E-state index is 12.9. The van der Waals surface area contributed by atoms with Crippen molar-refractivity contribution < 1.29 is 24.2 Å². The SMILES string of the molecule is O=C1NN(c2ccccc2)C(=O)C1=Cc1cc(Br)ccc1OCc1ccc(C(=O)O)cc1. The van der Waals surface area contributed by atoms with Crippen molar-refractivity contribution in [3.05, 3.63) is 99.5 Å². The van der Waals surface area contributed by atoms with Crippen LogP contribution in [0.1, 0.15) is 21.5 Å². The van der Waals surface area contributed by atoms with E-state index in [0.717, 1.165) is 10.0 Å². The highest BCUT2D eigenvalue weighted by Gasteiger charge is 2.34. The number of para-hydroxylation sites is 1. The van der Waals surface area contributed by atoms with Gasteiger partial charge in [0.05, 0.1) is 11.3 Å². The van der Waals surface area contributed by atoms with Gasteiger partial charge in [-0.3, -0.25) is 15.0 Å². The van der Waals surface area contributed by atoms with Gasteiger partial charge >= 0.3 is 5.97 Å². The van der Waals surface area contributed by atoms with Crippen LogP contribution in [-0.4, -0.2) is 22.9 Å². The molecule has 0 saturated carbocycles. The van der Waals surface area contributed by atoms with E-state index in [1.165, 1.54) is 23.2 Å². The summed E-state index contributed by atoms with van der Waals surface area (Å²) >= 11 is 3.41. The number of carbonyl (C=O) groups is 3. The Labute approximate surface area is 192 Å². The Morgan fingerprint density at radius 2 is 1.75 bits per heavy atom. The first-order chi connectivity index (χ1) is 15.4. The molecule has 0 unspecified atom stereocenters. The largest absolute Gasteiger partial charge is 0.488 e. The van der Waals surface area contributed by atoms with Crippen molar-refractivity contribution in [1.29, 1.82) is 0 Å². The van der Waals surface area contributed by atoms with Crippen LogP contribution in [0.5, 0.6) is 5.75 Å². The molecule has 2 N–H and O–H groups in total. The molecule has 0 aliphatic carbocycles. The normalized spacial score (nSPS) is 14.5. The van der Waals surface area contributed by atoms with E-state index in [4.69, 9.17) is 9.84 Å². The Balaban J connectivity index is 1.58. The predicted octanol–water partition coefficient (Wildman–Crippen LogP) is 4.19. The summed E-state index contributed by atoms with van der Waals surface area (Å²) in [5.74, 6) is -1.49. The minimum Gasteiger partial charge on any atom is -0.488 e. The van der Waals surface area contributed by atoms with Gasteiger partial charge in [0.2, 0.25) is 0 Å². The van der Waals surface area contributed by atoms with Gasteiger partial charge in [0.25, 0.3) is 11.8 Å². The van der Waals surface area contributed by atoms with Crippen LogP contribution in [0.25, 0.3) is 6.08 Å². The zero-order chi connectivity index (χ0) is 22.7. The molecule has 4 rings (SSSR count). The molecule has 1 heterocycles. The van der Waals surface area contributed by atoms with Crippen LogP contribution in [0.15, 0.2) is 82.8 Å². The Morgan fingerprint density at radius 3 is 2.44 bits per heavy atom. The monoisotopic (exact) mass is 492 g/mol. The number of nitrogens with one attached hydrogen (secondary N) is 1. The smallest absolute Gasteiger partial charge is 0.335 e. The molecule has 0 atom stereocenters. The van der Waals surface area contributed by atoms with E-state index in [0.29, 0.717) is 17.0 Å². The van der Waals surface area contributed by atoms with Crippen LogP contribution in [0.3, 0.4) is 0 Å². The van der Waals surface area contributed by atoms with Gasteiger partial charge in [-0.05, 0) is 54.1 Å². The molecule has 1 aliphatic heterocycles. The van der Waals surface area contributed by atoms with Crippen LogP contribution in [0.2, 0.25) is 0 Å². The summed E-state index contributed by atoms with van der Waals surface area (Å²) in [5, 5.41) is 10.2. The molecule has 1 saturated heterocycles. The first-order valence-corrected chi connectivity index (χ1v) is 10.4. The maximum absolute atomic E-state index is 12.9. The molecule has 160 valence electrons. The third-order valence-corrected chi connectivity index (χ3v) is 5.27. The molecule has 1 fully saturated rings. The Kier molecular flexibility index (Phi) is 6.04. The lowest BCUT2D eigenvalue weighted by atomic mass is 10.1. The molecule has 32 heavy (non-hydrogen) atoms. The molecule has 3 aromatic carbocycles. The number of carbonyl (C=O) groups excluding carboxylic acids is 2. The van der Waals surface area contributed by atoms with Crippen molar-refractivity contribution in [1.82, 2.24) is 5.43 Å². The molecule has 3 aromatic rings. The van der Waals surface area contributed by atoms with Crippen LogP contribution in [0.4, 0.5) is 5.69 Å². The van der Waals surface area contributed by atoms with Gasteiger partial charge in [0, 0.05) is 10.0 Å². The number of nitrogens with zero attached hydrogens (tertiary/aromatic N) is 1. The molecule has 0 spiro atoms. The highest BCUT2D eigenvalue weighted by Crippen LogP contribution is 2.28. The van der Waals surface area contributed by atoms with Gasteiger partial charge in [0.1, 0.15) is 17.9 Å². The number of carboxylic acid groups (broad SMARTS) is 1. The van der Waals surface area contributed by atoms with Crippen molar-refractivity contribution in [2.24, 2.45) is 0 Å². The number of hydrogen-bond donors (Lipinski definition) is 2. The number of amides is 2. The summed E-state index contributed by atoms with van der Waals surface area (Å²) in [6.45, 7) is 0.188. The number of ether oxygens (including phenoxy) is 1.